The third-order valence-corrected chi connectivity index (χ3v) is 12.2. The summed E-state index contributed by atoms with van der Waals surface area (Å²) in [5.41, 5.74) is -5.40. The van der Waals surface area contributed by atoms with E-state index >= 15 is 4.79 Å². The van der Waals surface area contributed by atoms with E-state index in [4.69, 9.17) is 28.4 Å². The predicted molar refractivity (Wildman–Crippen MR) is 209 cm³/mol. The lowest BCUT2D eigenvalue weighted by Crippen LogP contribution is -2.70. The van der Waals surface area contributed by atoms with Crippen LogP contribution >= 0.6 is 0 Å². The molecule has 2 aliphatic carbocycles. The summed E-state index contributed by atoms with van der Waals surface area (Å²) < 4.78 is 35.0. The minimum Gasteiger partial charge on any atom is -0.456 e. The number of esters is 4. The van der Waals surface area contributed by atoms with Gasteiger partial charge in [0.15, 0.2) is 23.6 Å². The van der Waals surface area contributed by atoms with Crippen LogP contribution in [-0.2, 0) is 47.6 Å². The second-order valence-electron chi connectivity index (χ2n) is 16.2. The van der Waals surface area contributed by atoms with Crippen molar-refractivity contribution in [2.75, 3.05) is 13.7 Å². The van der Waals surface area contributed by atoms with Gasteiger partial charge in [-0.15, -0.1) is 0 Å². The van der Waals surface area contributed by atoms with Gasteiger partial charge >= 0.3 is 23.9 Å². The molecule has 3 aliphatic rings. The molecule has 2 aromatic carbocycles. The van der Waals surface area contributed by atoms with Gasteiger partial charge in [-0.3, -0.25) is 19.4 Å². The number of aliphatic hydroxyl groups excluding tert-OH is 1. The van der Waals surface area contributed by atoms with Crippen molar-refractivity contribution in [2.45, 2.75) is 122 Å². The average molecular weight is 805 g/mol. The molecule has 0 aromatic heterocycles. The summed E-state index contributed by atoms with van der Waals surface area (Å²) in [5.74, 6) is -3.83. The van der Waals surface area contributed by atoms with Crippen LogP contribution in [0, 0.1) is 10.8 Å². The number of fused-ring (bicyclic) bond motifs is 1. The molecule has 15 nitrogen and oxygen atoms in total. The Balaban J connectivity index is 1.63. The fourth-order valence-electron chi connectivity index (χ4n) is 8.88. The maximum Gasteiger partial charge on any atom is 0.338 e. The number of aliphatic hydroxyl groups is 2. The molecule has 0 amide bonds. The Morgan fingerprint density at radius 2 is 1.57 bits per heavy atom. The Morgan fingerprint density at radius 3 is 2.10 bits per heavy atom. The Morgan fingerprint density at radius 1 is 0.948 bits per heavy atom. The summed E-state index contributed by atoms with van der Waals surface area (Å²) in [6.45, 7) is 10.2. The van der Waals surface area contributed by atoms with E-state index in [2.05, 4.69) is 10.1 Å². The van der Waals surface area contributed by atoms with Crippen LogP contribution in [0.15, 0.2) is 81.9 Å². The predicted octanol–water partition coefficient (Wildman–Crippen LogP) is 3.74. The van der Waals surface area contributed by atoms with E-state index in [0.717, 1.165) is 6.92 Å². The van der Waals surface area contributed by atoms with E-state index in [1.54, 1.807) is 81.4 Å². The summed E-state index contributed by atoms with van der Waals surface area (Å²) >= 11 is 0. The maximum atomic E-state index is 15.2. The highest BCUT2D eigenvalue weighted by Crippen LogP contribution is 2.56. The number of Topliss-reactive ketones (excluding diaryl/α,β-unsaturated/α-hetero) is 1. The number of rotatable bonds is 14. The summed E-state index contributed by atoms with van der Waals surface area (Å²) in [6.07, 6.45) is -8.26. The molecule has 1 saturated carbocycles. The molecule has 2 N–H and O–H groups in total. The van der Waals surface area contributed by atoms with Crippen molar-refractivity contribution in [3.8, 4) is 0 Å². The first-order chi connectivity index (χ1) is 27.3. The maximum absolute atomic E-state index is 15.2. The minimum atomic E-state index is -2.10. The topological polar surface area (TPSA) is 206 Å². The van der Waals surface area contributed by atoms with Gasteiger partial charge in [-0.1, -0.05) is 62.4 Å². The zero-order chi connectivity index (χ0) is 42.8. The molecule has 16 heteroatoms. The second kappa shape index (κ2) is 17.2. The second-order valence-corrected chi connectivity index (χ2v) is 16.2. The lowest BCUT2D eigenvalue weighted by Gasteiger charge is -2.58. The number of ketones is 1. The monoisotopic (exact) mass is 804 g/mol. The third kappa shape index (κ3) is 8.24. The largest absolute Gasteiger partial charge is 0.456 e. The molecular formula is C42H53BN2O13. The standard InChI is InChI=1S/C42H53BN2O13/c1-23-29(57-38(51)35(53-8)33(44-45-43)27-15-11-9-12-16-27)20-42(52,24(2)55-37(50)28-17-13-10-14-18-28)39(5,6)32(23)34(56-25(3)46)36(49)40(7)21-41(58-26(4)47)22-54-31(41)19-30(40)48/h9-18,24,29-31,33-35,48,52H,19-22,43H2,1-8H3/t24-,29-,30-,31+,33-,34+,35+,40-,41-,42+/m1/s1. The molecule has 58 heavy (non-hydrogen) atoms. The fourth-order valence-corrected chi connectivity index (χ4v) is 8.88. The number of methoxy groups -OCH3 is 1. The average Bonchev–Trinajstić information content (AvgIpc) is 3.17. The zero-order valence-electron chi connectivity index (χ0n) is 34.4. The molecule has 0 bridgehead atoms. The van der Waals surface area contributed by atoms with Crippen molar-refractivity contribution in [1.29, 1.82) is 0 Å². The summed E-state index contributed by atoms with van der Waals surface area (Å²) in [7, 11) is 2.77. The number of carbonyl (C=O) groups excluding carboxylic acids is 5. The van der Waals surface area contributed by atoms with Crippen LogP contribution in [0.4, 0.5) is 0 Å². The van der Waals surface area contributed by atoms with Crippen LogP contribution in [0.1, 0.15) is 89.7 Å². The molecule has 312 valence electrons. The Labute approximate surface area is 338 Å². The van der Waals surface area contributed by atoms with E-state index in [0.29, 0.717) is 5.56 Å². The highest BCUT2D eigenvalue weighted by Gasteiger charge is 2.66. The molecule has 0 spiro atoms. The van der Waals surface area contributed by atoms with Crippen molar-refractivity contribution in [3.05, 3.63) is 82.9 Å². The van der Waals surface area contributed by atoms with Crippen LogP contribution in [0.2, 0.25) is 0 Å². The summed E-state index contributed by atoms with van der Waals surface area (Å²) in [5, 5.41) is 32.7. The van der Waals surface area contributed by atoms with Gasteiger partial charge < -0.3 is 38.6 Å². The molecular weight excluding hydrogens is 751 g/mol. The van der Waals surface area contributed by atoms with E-state index in [-0.39, 0.29) is 42.6 Å². The quantitative estimate of drug-likeness (QED) is 0.0920. The van der Waals surface area contributed by atoms with E-state index in [1.165, 1.54) is 35.9 Å². The smallest absolute Gasteiger partial charge is 0.338 e. The Hall–Kier alpha value is -4.77. The molecule has 2 aromatic rings. The lowest BCUT2D eigenvalue weighted by molar-refractivity contribution is -0.291. The number of ether oxygens (including phenoxy) is 6. The van der Waals surface area contributed by atoms with Crippen molar-refractivity contribution < 1.29 is 62.6 Å². The van der Waals surface area contributed by atoms with Crippen LogP contribution in [0.3, 0.4) is 0 Å². The molecule has 1 aliphatic heterocycles. The summed E-state index contributed by atoms with van der Waals surface area (Å²) in [4.78, 5) is 68.1. The fraction of sp³-hybridized carbons (Fsp3) is 0.548. The lowest BCUT2D eigenvalue weighted by atomic mass is 9.55. The van der Waals surface area contributed by atoms with Gasteiger partial charge in [-0.05, 0) is 49.6 Å². The van der Waals surface area contributed by atoms with Crippen molar-refractivity contribution in [2.24, 2.45) is 21.0 Å². The van der Waals surface area contributed by atoms with E-state index in [9.17, 15) is 29.4 Å². The van der Waals surface area contributed by atoms with Crippen LogP contribution in [-0.4, -0.2) is 109 Å². The highest BCUT2D eigenvalue weighted by molar-refractivity contribution is 6.04. The van der Waals surface area contributed by atoms with Crippen molar-refractivity contribution in [3.63, 3.8) is 0 Å². The van der Waals surface area contributed by atoms with Gasteiger partial charge in [0.05, 0.1) is 23.7 Å². The Kier molecular flexibility index (Phi) is 13.2. The summed E-state index contributed by atoms with van der Waals surface area (Å²) in [6, 6.07) is 16.1. The van der Waals surface area contributed by atoms with Gasteiger partial charge in [-0.25, -0.2) is 9.59 Å². The van der Waals surface area contributed by atoms with Gasteiger partial charge in [0.1, 0.15) is 30.0 Å². The number of nitrogens with zero attached hydrogens (tertiary/aromatic N) is 2. The molecule has 1 heterocycles. The van der Waals surface area contributed by atoms with E-state index < -0.39 is 94.4 Å². The van der Waals surface area contributed by atoms with Crippen LogP contribution in [0.25, 0.3) is 0 Å². The van der Waals surface area contributed by atoms with Gasteiger partial charge in [0.2, 0.25) is 0 Å². The van der Waals surface area contributed by atoms with Crippen molar-refractivity contribution in [1.82, 2.24) is 0 Å². The van der Waals surface area contributed by atoms with E-state index in [1.807, 2.05) is 0 Å². The Bertz CT molecular complexity index is 1940. The normalized spacial score (nSPS) is 29.8. The molecule has 2 fully saturated rings. The first-order valence-corrected chi connectivity index (χ1v) is 19.2. The zero-order valence-corrected chi connectivity index (χ0v) is 34.4. The van der Waals surface area contributed by atoms with Crippen molar-refractivity contribution >= 4 is 37.6 Å². The van der Waals surface area contributed by atoms with Crippen LogP contribution < -0.4 is 0 Å². The van der Waals surface area contributed by atoms with Crippen LogP contribution in [0.5, 0.6) is 0 Å². The first kappa shape index (κ1) is 44.3. The molecule has 0 radical (unpaired) electrons. The number of benzene rings is 2. The highest BCUT2D eigenvalue weighted by atomic mass is 16.6. The third-order valence-electron chi connectivity index (χ3n) is 12.2. The number of carbonyl (C=O) groups is 5. The molecule has 10 atom stereocenters. The minimum absolute atomic E-state index is 0.0113. The number of hydrogen-bond donors (Lipinski definition) is 2. The van der Waals surface area contributed by atoms with Gasteiger partial charge in [-0.2, -0.15) is 5.11 Å². The molecule has 5 rings (SSSR count). The molecule has 0 unspecified atom stereocenters. The first-order valence-electron chi connectivity index (χ1n) is 19.2. The van der Waals surface area contributed by atoms with Gasteiger partial charge in [0.25, 0.3) is 7.98 Å². The SMILES string of the molecule is BN=N[C@H](c1ccccc1)[C@H](OC)C(=O)O[C@@H]1C[C@](O)([C@@H](C)OC(=O)c2ccccc2)C(C)(C)C([C@H](OC(C)=O)C(=O)[C@]2(C)C[C@@]3(OC(C)=O)CO[C@H]3C[C@H]2O)=C1C. The number of hydrogen-bond acceptors (Lipinski definition) is 15. The van der Waals surface area contributed by atoms with Gasteiger partial charge in [0, 0.05) is 45.6 Å². The molecule has 1 saturated heterocycles.